The maximum atomic E-state index is 14.6. The summed E-state index contributed by atoms with van der Waals surface area (Å²) < 4.78 is 62.5. The van der Waals surface area contributed by atoms with Gasteiger partial charge in [-0.25, -0.2) is 4.39 Å². The van der Waals surface area contributed by atoms with Crippen LogP contribution in [-0.2, 0) is 17.0 Å². The van der Waals surface area contributed by atoms with Crippen molar-refractivity contribution in [1.82, 2.24) is 9.97 Å². The highest BCUT2D eigenvalue weighted by Gasteiger charge is 2.41. The molecule has 10 heteroatoms. The van der Waals surface area contributed by atoms with E-state index in [2.05, 4.69) is 9.97 Å². The number of benzene rings is 1. The number of carbonyl (C=O) groups is 1. The third kappa shape index (κ3) is 3.91. The molecule has 1 fully saturated rings. The lowest BCUT2D eigenvalue weighted by Crippen LogP contribution is -2.42. The number of alkyl halides is 4. The van der Waals surface area contributed by atoms with Crippen LogP contribution in [0.5, 0.6) is 5.75 Å². The number of amides is 1. The molecule has 1 aromatic carbocycles. The molecule has 33 heavy (non-hydrogen) atoms. The van der Waals surface area contributed by atoms with Gasteiger partial charge in [0.25, 0.3) is 5.91 Å². The van der Waals surface area contributed by atoms with E-state index < -0.39 is 18.5 Å². The average Bonchev–Trinajstić information content (AvgIpc) is 3.13. The number of fused-ring (bicyclic) bond motifs is 1. The zero-order chi connectivity index (χ0) is 23.2. The molecule has 3 aromatic rings. The summed E-state index contributed by atoms with van der Waals surface area (Å²) in [6, 6.07) is 9.64. The molecule has 0 radical (unpaired) electrons. The molecule has 2 aromatic heterocycles. The highest BCUT2D eigenvalue weighted by molar-refractivity contribution is 6.11. The summed E-state index contributed by atoms with van der Waals surface area (Å²) in [5, 5.41) is 0. The van der Waals surface area contributed by atoms with Crippen molar-refractivity contribution in [3.05, 3.63) is 71.7 Å². The lowest BCUT2D eigenvalue weighted by atomic mass is 9.94. The number of hydrogen-bond acceptors (Lipinski definition) is 5. The standard InChI is InChI=1S/C23H17F4N3O3/c24-22(11-32-12-22)14-1-3-15(4-2-14)30-10-18-16(21(30)31)6-8-29-20(18)17-5-7-28-9-19(17)33-13-23(25,26)27/h1-9H,10-13H2. The van der Waals surface area contributed by atoms with E-state index in [0.717, 1.165) is 0 Å². The molecule has 4 heterocycles. The summed E-state index contributed by atoms with van der Waals surface area (Å²) in [6.07, 6.45) is -0.481. The number of rotatable bonds is 5. The minimum absolute atomic E-state index is 0.000137. The number of nitrogens with zero attached hydrogens (tertiary/aromatic N) is 3. The smallest absolute Gasteiger partial charge is 0.422 e. The molecule has 6 nitrogen and oxygen atoms in total. The van der Waals surface area contributed by atoms with E-state index in [-0.39, 0.29) is 31.4 Å². The van der Waals surface area contributed by atoms with Crippen LogP contribution in [0, 0.1) is 0 Å². The number of hydrogen-bond donors (Lipinski definition) is 0. The Labute approximate surface area is 185 Å². The van der Waals surface area contributed by atoms with E-state index >= 15 is 0 Å². The molecular formula is C23H17F4N3O3. The summed E-state index contributed by atoms with van der Waals surface area (Å²) >= 11 is 0. The summed E-state index contributed by atoms with van der Waals surface area (Å²) in [7, 11) is 0. The molecule has 170 valence electrons. The van der Waals surface area contributed by atoms with Crippen molar-refractivity contribution in [2.24, 2.45) is 0 Å². The Bertz CT molecular complexity index is 1210. The zero-order valence-corrected chi connectivity index (χ0v) is 17.1. The lowest BCUT2D eigenvalue weighted by molar-refractivity contribution is -0.153. The minimum atomic E-state index is -4.51. The van der Waals surface area contributed by atoms with E-state index in [1.165, 1.54) is 29.6 Å². The Morgan fingerprint density at radius 3 is 2.45 bits per heavy atom. The van der Waals surface area contributed by atoms with E-state index in [1.807, 2.05) is 0 Å². The molecule has 1 saturated heterocycles. The van der Waals surface area contributed by atoms with Gasteiger partial charge < -0.3 is 14.4 Å². The Balaban J connectivity index is 1.45. The SMILES string of the molecule is O=C1c2ccnc(-c3ccncc3OCC(F)(F)F)c2CN1c1ccc(C2(F)COC2)cc1. The molecule has 0 atom stereocenters. The van der Waals surface area contributed by atoms with Crippen molar-refractivity contribution in [2.45, 2.75) is 18.4 Å². The molecule has 0 N–H and O–H groups in total. The van der Waals surface area contributed by atoms with Crippen molar-refractivity contribution in [3.63, 3.8) is 0 Å². The third-order valence-corrected chi connectivity index (χ3v) is 5.64. The summed E-state index contributed by atoms with van der Waals surface area (Å²) in [5.74, 6) is -0.364. The van der Waals surface area contributed by atoms with E-state index in [0.29, 0.717) is 33.6 Å². The van der Waals surface area contributed by atoms with Crippen molar-refractivity contribution in [3.8, 4) is 17.0 Å². The Morgan fingerprint density at radius 1 is 1.06 bits per heavy atom. The van der Waals surface area contributed by atoms with Crippen LogP contribution in [0.4, 0.5) is 23.2 Å². The van der Waals surface area contributed by atoms with Gasteiger partial charge in [-0.1, -0.05) is 12.1 Å². The Kier molecular flexibility index (Phi) is 5.04. The normalized spacial score (nSPS) is 17.0. The topological polar surface area (TPSA) is 64.5 Å². The van der Waals surface area contributed by atoms with Gasteiger partial charge in [-0.05, 0) is 29.8 Å². The van der Waals surface area contributed by atoms with Gasteiger partial charge in [0.2, 0.25) is 0 Å². The molecule has 0 saturated carbocycles. The second kappa shape index (κ2) is 7.80. The van der Waals surface area contributed by atoms with Crippen LogP contribution in [-0.4, -0.2) is 41.9 Å². The third-order valence-electron chi connectivity index (χ3n) is 5.64. The fourth-order valence-corrected chi connectivity index (χ4v) is 3.91. The van der Waals surface area contributed by atoms with Crippen LogP contribution >= 0.6 is 0 Å². The molecule has 0 spiro atoms. The highest BCUT2D eigenvalue weighted by Crippen LogP contribution is 2.39. The first-order chi connectivity index (χ1) is 15.8. The first kappa shape index (κ1) is 21.3. The number of anilines is 1. The van der Waals surface area contributed by atoms with E-state index in [4.69, 9.17) is 9.47 Å². The largest absolute Gasteiger partial charge is 0.482 e. The van der Waals surface area contributed by atoms with Gasteiger partial charge in [-0.15, -0.1) is 0 Å². The van der Waals surface area contributed by atoms with Crippen LogP contribution in [0.1, 0.15) is 21.5 Å². The molecule has 5 rings (SSSR count). The first-order valence-electron chi connectivity index (χ1n) is 10.1. The van der Waals surface area contributed by atoms with Gasteiger partial charge >= 0.3 is 6.18 Å². The van der Waals surface area contributed by atoms with Gasteiger partial charge in [-0.3, -0.25) is 14.8 Å². The van der Waals surface area contributed by atoms with Crippen molar-refractivity contribution in [2.75, 3.05) is 24.7 Å². The number of halogens is 4. The first-order valence-corrected chi connectivity index (χ1v) is 10.1. The average molecular weight is 459 g/mol. The second-order valence-corrected chi connectivity index (χ2v) is 7.86. The number of carbonyl (C=O) groups excluding carboxylic acids is 1. The molecule has 2 aliphatic rings. The van der Waals surface area contributed by atoms with Crippen LogP contribution < -0.4 is 9.64 Å². The Morgan fingerprint density at radius 2 is 1.79 bits per heavy atom. The fraction of sp³-hybridized carbons (Fsp3) is 0.261. The molecule has 0 aliphatic carbocycles. The molecule has 1 amide bonds. The lowest BCUT2D eigenvalue weighted by Gasteiger charge is -2.34. The minimum Gasteiger partial charge on any atom is -0.482 e. The summed E-state index contributed by atoms with van der Waals surface area (Å²) in [4.78, 5) is 22.8. The summed E-state index contributed by atoms with van der Waals surface area (Å²) in [5.41, 5.74) is 1.13. The fourth-order valence-electron chi connectivity index (χ4n) is 3.91. The van der Waals surface area contributed by atoms with Crippen molar-refractivity contribution >= 4 is 11.6 Å². The number of pyridine rings is 2. The predicted octanol–water partition coefficient (Wildman–Crippen LogP) is 4.44. The van der Waals surface area contributed by atoms with Crippen LogP contribution in [0.15, 0.2) is 55.0 Å². The van der Waals surface area contributed by atoms with Gasteiger partial charge in [0, 0.05) is 34.8 Å². The maximum Gasteiger partial charge on any atom is 0.422 e. The van der Waals surface area contributed by atoms with Gasteiger partial charge in [0.05, 0.1) is 31.6 Å². The Hall–Kier alpha value is -3.53. The van der Waals surface area contributed by atoms with Crippen LogP contribution in [0.25, 0.3) is 11.3 Å². The molecular weight excluding hydrogens is 442 g/mol. The van der Waals surface area contributed by atoms with Crippen LogP contribution in [0.2, 0.25) is 0 Å². The highest BCUT2D eigenvalue weighted by atomic mass is 19.4. The molecule has 0 bridgehead atoms. The quantitative estimate of drug-likeness (QED) is 0.528. The second-order valence-electron chi connectivity index (χ2n) is 7.86. The van der Waals surface area contributed by atoms with Gasteiger partial charge in [-0.2, -0.15) is 13.2 Å². The van der Waals surface area contributed by atoms with Gasteiger partial charge in [0.15, 0.2) is 12.3 Å². The van der Waals surface area contributed by atoms with Crippen LogP contribution in [0.3, 0.4) is 0 Å². The predicted molar refractivity (Wildman–Crippen MR) is 110 cm³/mol. The summed E-state index contributed by atoms with van der Waals surface area (Å²) in [6.45, 7) is -1.32. The maximum absolute atomic E-state index is 14.6. The van der Waals surface area contributed by atoms with E-state index in [9.17, 15) is 22.4 Å². The molecule has 0 unspecified atom stereocenters. The molecule has 2 aliphatic heterocycles. The van der Waals surface area contributed by atoms with Crippen molar-refractivity contribution in [1.29, 1.82) is 0 Å². The zero-order valence-electron chi connectivity index (χ0n) is 17.1. The number of aromatic nitrogens is 2. The van der Waals surface area contributed by atoms with Gasteiger partial charge in [0.1, 0.15) is 5.75 Å². The van der Waals surface area contributed by atoms with E-state index in [1.54, 1.807) is 30.3 Å². The monoisotopic (exact) mass is 459 g/mol. The van der Waals surface area contributed by atoms with Crippen molar-refractivity contribution < 1.29 is 31.8 Å². The number of ether oxygens (including phenoxy) is 2.